The lowest BCUT2D eigenvalue weighted by Crippen LogP contribution is -2.48. The minimum atomic E-state index is -0.0436. The summed E-state index contributed by atoms with van der Waals surface area (Å²) in [6.45, 7) is 1.81. The van der Waals surface area contributed by atoms with E-state index in [1.165, 1.54) is 12.8 Å². The number of carbonyl (C=O) groups excluding carboxylic acids is 2. The number of benzene rings is 1. The second-order valence-electron chi connectivity index (χ2n) is 6.66. The topological polar surface area (TPSA) is 61.4 Å². The highest BCUT2D eigenvalue weighted by Gasteiger charge is 2.36. The molecule has 5 nitrogen and oxygen atoms in total. The molecule has 0 saturated carbocycles. The van der Waals surface area contributed by atoms with Crippen LogP contribution in [-0.4, -0.2) is 41.9 Å². The molecule has 2 unspecified atom stereocenters. The Labute approximate surface area is 149 Å². The minimum Gasteiger partial charge on any atom is -0.339 e. The Bertz CT molecular complexity index is 596. The summed E-state index contributed by atoms with van der Waals surface area (Å²) in [5.41, 5.74) is 1.31. The van der Waals surface area contributed by atoms with E-state index in [4.69, 9.17) is 0 Å². The molecule has 2 fully saturated rings. The first-order chi connectivity index (χ1) is 11.1. The number of piperidine rings is 1. The van der Waals surface area contributed by atoms with Gasteiger partial charge in [0.25, 0.3) is 5.91 Å². The van der Waals surface area contributed by atoms with Gasteiger partial charge in [0.2, 0.25) is 5.91 Å². The van der Waals surface area contributed by atoms with Crippen molar-refractivity contribution in [1.29, 1.82) is 0 Å². The highest BCUT2D eigenvalue weighted by molar-refractivity contribution is 5.97. The quantitative estimate of drug-likeness (QED) is 0.876. The lowest BCUT2D eigenvalue weighted by Gasteiger charge is -2.35. The van der Waals surface area contributed by atoms with Crippen molar-refractivity contribution in [2.45, 2.75) is 57.2 Å². The summed E-state index contributed by atoms with van der Waals surface area (Å²) < 4.78 is 0. The Morgan fingerprint density at radius 2 is 1.92 bits per heavy atom. The SMILES string of the molecule is CCC(=O)Nc1cccc(C(=O)N(C)C2CC3CCC(C2)N3)c1.Cl. The summed E-state index contributed by atoms with van der Waals surface area (Å²) >= 11 is 0. The van der Waals surface area contributed by atoms with Gasteiger partial charge in [-0.2, -0.15) is 0 Å². The fourth-order valence-corrected chi connectivity index (χ4v) is 3.69. The largest absolute Gasteiger partial charge is 0.339 e. The molecule has 6 heteroatoms. The second-order valence-corrected chi connectivity index (χ2v) is 6.66. The van der Waals surface area contributed by atoms with Crippen LogP contribution in [0.15, 0.2) is 24.3 Å². The molecule has 2 atom stereocenters. The smallest absolute Gasteiger partial charge is 0.253 e. The van der Waals surface area contributed by atoms with Crippen molar-refractivity contribution in [1.82, 2.24) is 10.2 Å². The van der Waals surface area contributed by atoms with Gasteiger partial charge in [-0.25, -0.2) is 0 Å². The molecule has 2 aliphatic heterocycles. The molecule has 0 aromatic heterocycles. The average Bonchev–Trinajstić information content (AvgIpc) is 2.91. The zero-order chi connectivity index (χ0) is 16.4. The van der Waals surface area contributed by atoms with Crippen molar-refractivity contribution in [3.8, 4) is 0 Å². The fourth-order valence-electron chi connectivity index (χ4n) is 3.69. The number of rotatable bonds is 4. The maximum absolute atomic E-state index is 12.8. The number of halogens is 1. The average molecular weight is 352 g/mol. The molecule has 2 amide bonds. The summed E-state index contributed by atoms with van der Waals surface area (Å²) in [5.74, 6) is -0.0122. The Kier molecular flexibility index (Phi) is 6.24. The van der Waals surface area contributed by atoms with Crippen LogP contribution < -0.4 is 10.6 Å². The third kappa shape index (κ3) is 4.08. The van der Waals surface area contributed by atoms with Gasteiger partial charge in [0.1, 0.15) is 0 Å². The van der Waals surface area contributed by atoms with Gasteiger partial charge < -0.3 is 15.5 Å². The first-order valence-corrected chi connectivity index (χ1v) is 8.50. The lowest BCUT2D eigenvalue weighted by molar-refractivity contribution is -0.115. The van der Waals surface area contributed by atoms with E-state index >= 15 is 0 Å². The normalized spacial score (nSPS) is 24.8. The lowest BCUT2D eigenvalue weighted by atomic mass is 9.98. The second kappa shape index (κ2) is 7.99. The number of nitrogens with zero attached hydrogens (tertiary/aromatic N) is 1. The van der Waals surface area contributed by atoms with Crippen molar-refractivity contribution in [2.75, 3.05) is 12.4 Å². The monoisotopic (exact) mass is 351 g/mol. The van der Waals surface area contributed by atoms with E-state index in [2.05, 4.69) is 10.6 Å². The van der Waals surface area contributed by atoms with Gasteiger partial charge in [-0.05, 0) is 43.9 Å². The van der Waals surface area contributed by atoms with Crippen LogP contribution in [-0.2, 0) is 4.79 Å². The van der Waals surface area contributed by atoms with Gasteiger partial charge >= 0.3 is 0 Å². The van der Waals surface area contributed by atoms with Gasteiger partial charge in [0, 0.05) is 42.8 Å². The van der Waals surface area contributed by atoms with Crippen LogP contribution in [0.1, 0.15) is 49.4 Å². The minimum absolute atomic E-state index is 0. The van der Waals surface area contributed by atoms with Gasteiger partial charge in [-0.15, -0.1) is 12.4 Å². The Hall–Kier alpha value is -1.59. The van der Waals surface area contributed by atoms with E-state index in [-0.39, 0.29) is 24.2 Å². The summed E-state index contributed by atoms with van der Waals surface area (Å²) in [6.07, 6.45) is 4.94. The molecule has 2 aliphatic rings. The molecule has 2 N–H and O–H groups in total. The third-order valence-corrected chi connectivity index (χ3v) is 5.03. The van der Waals surface area contributed by atoms with Crippen LogP contribution in [0.25, 0.3) is 0 Å². The van der Waals surface area contributed by atoms with Crippen LogP contribution in [0.2, 0.25) is 0 Å². The molecule has 2 bridgehead atoms. The van der Waals surface area contributed by atoms with E-state index in [0.29, 0.717) is 35.8 Å². The molecular weight excluding hydrogens is 326 g/mol. The van der Waals surface area contributed by atoms with Crippen LogP contribution >= 0.6 is 12.4 Å². The molecule has 1 aromatic carbocycles. The summed E-state index contributed by atoms with van der Waals surface area (Å²) in [7, 11) is 1.90. The van der Waals surface area contributed by atoms with E-state index in [1.54, 1.807) is 6.07 Å². The van der Waals surface area contributed by atoms with Crippen molar-refractivity contribution in [2.24, 2.45) is 0 Å². The Morgan fingerprint density at radius 3 is 2.54 bits per heavy atom. The molecule has 2 heterocycles. The van der Waals surface area contributed by atoms with Crippen LogP contribution in [0, 0.1) is 0 Å². The number of anilines is 1. The van der Waals surface area contributed by atoms with Gasteiger partial charge in [-0.3, -0.25) is 9.59 Å². The highest BCUT2D eigenvalue weighted by Crippen LogP contribution is 2.30. The predicted octanol–water partition coefficient (Wildman–Crippen LogP) is 2.81. The maximum Gasteiger partial charge on any atom is 0.253 e. The molecule has 0 spiro atoms. The number of carbonyl (C=O) groups is 2. The first-order valence-electron chi connectivity index (χ1n) is 8.50. The third-order valence-electron chi connectivity index (χ3n) is 5.03. The van der Waals surface area contributed by atoms with E-state index in [1.807, 2.05) is 37.1 Å². The summed E-state index contributed by atoms with van der Waals surface area (Å²) in [4.78, 5) is 26.2. The molecule has 1 aromatic rings. The van der Waals surface area contributed by atoms with Crippen molar-refractivity contribution < 1.29 is 9.59 Å². The van der Waals surface area contributed by atoms with Crippen molar-refractivity contribution in [3.63, 3.8) is 0 Å². The molecule has 24 heavy (non-hydrogen) atoms. The zero-order valence-corrected chi connectivity index (χ0v) is 15.1. The first kappa shape index (κ1) is 18.7. The van der Waals surface area contributed by atoms with Crippen LogP contribution in [0.3, 0.4) is 0 Å². The van der Waals surface area contributed by atoms with Crippen molar-refractivity contribution in [3.05, 3.63) is 29.8 Å². The van der Waals surface area contributed by atoms with Gasteiger partial charge in [0.15, 0.2) is 0 Å². The van der Waals surface area contributed by atoms with E-state index < -0.39 is 0 Å². The van der Waals surface area contributed by atoms with Crippen LogP contribution in [0.4, 0.5) is 5.69 Å². The summed E-state index contributed by atoms with van der Waals surface area (Å²) in [5, 5.41) is 6.42. The van der Waals surface area contributed by atoms with E-state index in [9.17, 15) is 9.59 Å². The molecular formula is C18H26ClN3O2. The number of hydrogen-bond donors (Lipinski definition) is 2. The van der Waals surface area contributed by atoms with E-state index in [0.717, 1.165) is 12.8 Å². The van der Waals surface area contributed by atoms with Crippen LogP contribution in [0.5, 0.6) is 0 Å². The highest BCUT2D eigenvalue weighted by atomic mass is 35.5. The molecule has 3 rings (SSSR count). The van der Waals surface area contributed by atoms with Gasteiger partial charge in [-0.1, -0.05) is 13.0 Å². The van der Waals surface area contributed by atoms with Gasteiger partial charge in [0.05, 0.1) is 0 Å². The molecule has 0 aliphatic carbocycles. The molecule has 132 valence electrons. The number of hydrogen-bond acceptors (Lipinski definition) is 3. The molecule has 2 saturated heterocycles. The predicted molar refractivity (Wildman–Crippen MR) is 97.7 cm³/mol. The molecule has 0 radical (unpaired) electrons. The Balaban J connectivity index is 0.00000208. The number of amides is 2. The maximum atomic E-state index is 12.8. The zero-order valence-electron chi connectivity index (χ0n) is 14.2. The Morgan fingerprint density at radius 1 is 1.25 bits per heavy atom. The number of nitrogens with one attached hydrogen (secondary N) is 2. The fraction of sp³-hybridized carbons (Fsp3) is 0.556. The summed E-state index contributed by atoms with van der Waals surface area (Å²) in [6, 6.07) is 8.63. The standard InChI is InChI=1S/C18H25N3O2.ClH/c1-3-17(22)20-13-6-4-5-12(9-13)18(23)21(2)16-10-14-7-8-15(11-16)19-14;/h4-6,9,14-16,19H,3,7-8,10-11H2,1-2H3,(H,20,22);1H. The number of fused-ring (bicyclic) bond motifs is 2. The van der Waals surface area contributed by atoms with Crippen molar-refractivity contribution >= 4 is 29.9 Å².